The minimum Gasteiger partial charge on any atom is -0.449 e. The van der Waals surface area contributed by atoms with E-state index in [1.165, 1.54) is 59.8 Å². The van der Waals surface area contributed by atoms with Crippen LogP contribution in [-0.4, -0.2) is 50.4 Å². The van der Waals surface area contributed by atoms with Crippen LogP contribution in [0.1, 0.15) is 43.0 Å². The molecule has 2 aromatic carbocycles. The first-order valence-electron chi connectivity index (χ1n) is 10.8. The number of ether oxygens (including phenoxy) is 2. The van der Waals surface area contributed by atoms with Crippen molar-refractivity contribution in [2.24, 2.45) is 0 Å². The highest BCUT2D eigenvalue weighted by atomic mass is 32.2. The Morgan fingerprint density at radius 2 is 1.68 bits per heavy atom. The number of nitrogens with zero attached hydrogens (tertiary/aromatic N) is 1. The fourth-order valence-electron chi connectivity index (χ4n) is 3.50. The van der Waals surface area contributed by atoms with Crippen LogP contribution in [0.5, 0.6) is 5.75 Å². The van der Waals surface area contributed by atoms with E-state index in [0.717, 1.165) is 25.7 Å². The Morgan fingerprint density at radius 3 is 2.35 bits per heavy atom. The number of benzene rings is 2. The van der Waals surface area contributed by atoms with E-state index < -0.39 is 34.6 Å². The fraction of sp³-hybridized carbons (Fsp3) is 0.391. The van der Waals surface area contributed by atoms with E-state index >= 15 is 0 Å². The van der Waals surface area contributed by atoms with E-state index in [4.69, 9.17) is 4.74 Å². The van der Waals surface area contributed by atoms with Gasteiger partial charge in [-0.25, -0.2) is 13.2 Å². The van der Waals surface area contributed by atoms with Crippen molar-refractivity contribution in [1.29, 1.82) is 0 Å². The van der Waals surface area contributed by atoms with Gasteiger partial charge in [0.25, 0.3) is 5.91 Å². The summed E-state index contributed by atoms with van der Waals surface area (Å²) in [6.07, 6.45) is 2.20. The molecule has 1 fully saturated rings. The van der Waals surface area contributed by atoms with Crippen molar-refractivity contribution in [2.75, 3.05) is 18.4 Å². The Morgan fingerprint density at radius 1 is 1.00 bits per heavy atom. The summed E-state index contributed by atoms with van der Waals surface area (Å²) in [5.41, 5.74) is -0.0433. The molecule has 0 aliphatic carbocycles. The van der Waals surface area contributed by atoms with E-state index in [1.54, 1.807) is 0 Å². The molecular weight excluding hydrogens is 470 g/mol. The molecule has 3 rings (SSSR count). The van der Waals surface area contributed by atoms with Crippen molar-refractivity contribution in [3.63, 3.8) is 0 Å². The molecule has 1 N–H and O–H groups in total. The molecule has 11 heteroatoms. The first-order chi connectivity index (χ1) is 16.2. The van der Waals surface area contributed by atoms with Crippen LogP contribution in [0.2, 0.25) is 0 Å². The maximum Gasteiger partial charge on any atom is 0.387 e. The summed E-state index contributed by atoms with van der Waals surface area (Å²) in [4.78, 5) is 25.0. The monoisotopic (exact) mass is 496 g/mol. The number of alkyl halides is 2. The van der Waals surface area contributed by atoms with Gasteiger partial charge in [-0.3, -0.25) is 4.79 Å². The molecule has 1 saturated heterocycles. The third-order valence-electron chi connectivity index (χ3n) is 5.29. The standard InChI is InChI=1S/C23H26F2N2O6S/c1-16(21(28)26-19-11-4-5-12-20(19)33-23(24)25)32-22(29)17-9-8-10-18(15-17)34(30,31)27-13-6-2-3-7-14-27/h4-5,8-12,15-16,23H,2-3,6-7,13-14H2,1H3,(H,26,28). The number of amides is 1. The number of carbonyl (C=O) groups excluding carboxylic acids is 2. The van der Waals surface area contributed by atoms with Gasteiger partial charge in [-0.05, 0) is 50.1 Å². The quantitative estimate of drug-likeness (QED) is 0.554. The maximum absolute atomic E-state index is 13.0. The number of para-hydroxylation sites is 2. The second kappa shape index (κ2) is 11.4. The Bertz CT molecular complexity index is 1120. The second-order valence-electron chi connectivity index (χ2n) is 7.76. The number of hydrogen-bond donors (Lipinski definition) is 1. The van der Waals surface area contributed by atoms with Gasteiger partial charge in [0.15, 0.2) is 6.10 Å². The maximum atomic E-state index is 13.0. The van der Waals surface area contributed by atoms with Crippen LogP contribution in [-0.2, 0) is 19.6 Å². The topological polar surface area (TPSA) is 102 Å². The van der Waals surface area contributed by atoms with Crippen LogP contribution in [0.15, 0.2) is 53.4 Å². The molecule has 1 unspecified atom stereocenters. The van der Waals surface area contributed by atoms with Gasteiger partial charge in [-0.15, -0.1) is 0 Å². The van der Waals surface area contributed by atoms with E-state index in [0.29, 0.717) is 13.1 Å². The lowest BCUT2D eigenvalue weighted by Gasteiger charge is -2.20. The highest BCUT2D eigenvalue weighted by molar-refractivity contribution is 7.89. The Kier molecular flexibility index (Phi) is 8.56. The molecule has 1 amide bonds. The van der Waals surface area contributed by atoms with Gasteiger partial charge in [0.2, 0.25) is 10.0 Å². The number of anilines is 1. The summed E-state index contributed by atoms with van der Waals surface area (Å²) >= 11 is 0. The molecular formula is C23H26F2N2O6S. The SMILES string of the molecule is CC(OC(=O)c1cccc(S(=O)(=O)N2CCCCCC2)c1)C(=O)Nc1ccccc1OC(F)F. The first-order valence-corrected chi connectivity index (χ1v) is 12.3. The smallest absolute Gasteiger partial charge is 0.387 e. The first kappa shape index (κ1) is 25.6. The molecule has 34 heavy (non-hydrogen) atoms. The molecule has 1 aliphatic rings. The summed E-state index contributed by atoms with van der Waals surface area (Å²) in [7, 11) is -3.77. The third-order valence-corrected chi connectivity index (χ3v) is 7.18. The fourth-order valence-corrected chi connectivity index (χ4v) is 5.06. The normalized spacial score (nSPS) is 15.9. The third kappa shape index (κ3) is 6.51. The van der Waals surface area contributed by atoms with Crippen LogP contribution in [0.4, 0.5) is 14.5 Å². The zero-order valence-corrected chi connectivity index (χ0v) is 19.4. The van der Waals surface area contributed by atoms with Crippen LogP contribution in [0.3, 0.4) is 0 Å². The molecule has 0 saturated carbocycles. The number of halogens is 2. The van der Waals surface area contributed by atoms with E-state index in [1.807, 2.05) is 0 Å². The van der Waals surface area contributed by atoms with Crippen LogP contribution >= 0.6 is 0 Å². The molecule has 1 atom stereocenters. The number of esters is 1. The zero-order valence-electron chi connectivity index (χ0n) is 18.6. The minimum atomic E-state index is -3.77. The molecule has 8 nitrogen and oxygen atoms in total. The average Bonchev–Trinajstić information content (AvgIpc) is 3.10. The van der Waals surface area contributed by atoms with Crippen LogP contribution < -0.4 is 10.1 Å². The molecule has 184 valence electrons. The molecule has 2 aromatic rings. The number of hydrogen-bond acceptors (Lipinski definition) is 6. The largest absolute Gasteiger partial charge is 0.449 e. The molecule has 0 aromatic heterocycles. The van der Waals surface area contributed by atoms with E-state index in [-0.39, 0.29) is 21.9 Å². The summed E-state index contributed by atoms with van der Waals surface area (Å²) in [6.45, 7) is -0.927. The minimum absolute atomic E-state index is 0.0127. The second-order valence-corrected chi connectivity index (χ2v) is 9.70. The van der Waals surface area contributed by atoms with Gasteiger partial charge in [0.05, 0.1) is 16.1 Å². The highest BCUT2D eigenvalue weighted by Crippen LogP contribution is 2.26. The van der Waals surface area contributed by atoms with E-state index in [9.17, 15) is 26.8 Å². The van der Waals surface area contributed by atoms with Crippen molar-refractivity contribution in [3.05, 3.63) is 54.1 Å². The predicted octanol–water partition coefficient (Wildman–Crippen LogP) is 4.04. The number of nitrogens with one attached hydrogen (secondary N) is 1. The van der Waals surface area contributed by atoms with Crippen molar-refractivity contribution in [3.8, 4) is 5.75 Å². The number of sulfonamides is 1. The molecule has 0 radical (unpaired) electrons. The van der Waals surface area contributed by atoms with Crippen molar-refractivity contribution >= 4 is 27.6 Å². The lowest BCUT2D eigenvalue weighted by molar-refractivity contribution is -0.123. The van der Waals surface area contributed by atoms with Crippen molar-refractivity contribution in [2.45, 2.75) is 50.2 Å². The lowest BCUT2D eigenvalue weighted by atomic mass is 10.2. The predicted molar refractivity (Wildman–Crippen MR) is 120 cm³/mol. The summed E-state index contributed by atoms with van der Waals surface area (Å²) in [5.74, 6) is -1.91. The Hall–Kier alpha value is -3.05. The molecule has 0 spiro atoms. The van der Waals surface area contributed by atoms with Crippen LogP contribution in [0, 0.1) is 0 Å². The van der Waals surface area contributed by atoms with Gasteiger partial charge in [0.1, 0.15) is 5.75 Å². The van der Waals surface area contributed by atoms with Crippen LogP contribution in [0.25, 0.3) is 0 Å². The zero-order chi connectivity index (χ0) is 24.7. The average molecular weight is 497 g/mol. The number of carbonyl (C=O) groups is 2. The molecule has 1 aliphatic heterocycles. The Balaban J connectivity index is 1.68. The number of rotatable bonds is 8. The highest BCUT2D eigenvalue weighted by Gasteiger charge is 2.27. The molecule has 0 bridgehead atoms. The van der Waals surface area contributed by atoms with Crippen molar-refractivity contribution < 1.29 is 36.3 Å². The summed E-state index contributed by atoms with van der Waals surface area (Å²) in [6, 6.07) is 11.1. The summed E-state index contributed by atoms with van der Waals surface area (Å²) in [5, 5.41) is 2.38. The van der Waals surface area contributed by atoms with E-state index in [2.05, 4.69) is 10.1 Å². The van der Waals surface area contributed by atoms with Gasteiger partial charge in [-0.2, -0.15) is 13.1 Å². The van der Waals surface area contributed by atoms with Gasteiger partial charge >= 0.3 is 12.6 Å². The van der Waals surface area contributed by atoms with Gasteiger partial charge < -0.3 is 14.8 Å². The summed E-state index contributed by atoms with van der Waals surface area (Å²) < 4.78 is 62.1. The lowest BCUT2D eigenvalue weighted by Crippen LogP contribution is -2.32. The molecule has 1 heterocycles. The van der Waals surface area contributed by atoms with Gasteiger partial charge in [0, 0.05) is 13.1 Å². The Labute approximate surface area is 196 Å². The van der Waals surface area contributed by atoms with Crippen molar-refractivity contribution in [1.82, 2.24) is 4.31 Å². The van der Waals surface area contributed by atoms with Gasteiger partial charge in [-0.1, -0.05) is 31.0 Å².